The van der Waals surface area contributed by atoms with Crippen molar-refractivity contribution in [2.75, 3.05) is 19.6 Å². The molecule has 6 nitrogen and oxygen atoms in total. The maximum absolute atomic E-state index is 12.3. The summed E-state index contributed by atoms with van der Waals surface area (Å²) < 4.78 is 0. The normalized spacial score (nSPS) is 17.6. The van der Waals surface area contributed by atoms with E-state index in [0.717, 1.165) is 25.2 Å². The van der Waals surface area contributed by atoms with Crippen LogP contribution in [-0.2, 0) is 0 Å². The van der Waals surface area contributed by atoms with Gasteiger partial charge in [-0.05, 0) is 44.8 Å². The van der Waals surface area contributed by atoms with Crippen LogP contribution in [-0.4, -0.2) is 40.5 Å². The molecule has 116 valence electrons. The van der Waals surface area contributed by atoms with Crippen molar-refractivity contribution in [2.24, 2.45) is 5.92 Å². The van der Waals surface area contributed by atoms with E-state index in [1.165, 1.54) is 17.8 Å². The van der Waals surface area contributed by atoms with Gasteiger partial charge in [-0.2, -0.15) is 0 Å². The monoisotopic (exact) mass is 317 g/mol. The van der Waals surface area contributed by atoms with Crippen molar-refractivity contribution in [3.05, 3.63) is 29.0 Å². The van der Waals surface area contributed by atoms with Crippen LogP contribution < -0.4 is 10.6 Å². The molecule has 3 rings (SSSR count). The maximum atomic E-state index is 12.3. The molecule has 1 saturated heterocycles. The largest absolute Gasteiger partial charge is 0.351 e. The fraction of sp³-hybridized carbons (Fsp3) is 0.467. The van der Waals surface area contributed by atoms with Crippen molar-refractivity contribution >= 4 is 17.2 Å². The van der Waals surface area contributed by atoms with Gasteiger partial charge in [0.2, 0.25) is 0 Å². The molecule has 0 saturated carbocycles. The highest BCUT2D eigenvalue weighted by molar-refractivity contribution is 7.17. The maximum Gasteiger partial charge on any atom is 0.263 e. The second-order valence-corrected chi connectivity index (χ2v) is 6.41. The van der Waals surface area contributed by atoms with Crippen LogP contribution in [0.25, 0.3) is 10.8 Å². The van der Waals surface area contributed by atoms with E-state index < -0.39 is 0 Å². The minimum atomic E-state index is -0.0527. The number of nitrogens with zero attached hydrogens (tertiary/aromatic N) is 3. The molecular formula is C15H19N5OS. The molecule has 1 aliphatic rings. The molecule has 7 heteroatoms. The fourth-order valence-electron chi connectivity index (χ4n) is 2.54. The zero-order chi connectivity index (χ0) is 15.4. The third-order valence-corrected chi connectivity index (χ3v) is 4.91. The summed E-state index contributed by atoms with van der Waals surface area (Å²) >= 11 is 1.34. The predicted molar refractivity (Wildman–Crippen MR) is 85.8 cm³/mol. The molecule has 2 aromatic heterocycles. The number of aryl methyl sites for hydroxylation is 1. The molecule has 1 fully saturated rings. The van der Waals surface area contributed by atoms with Crippen molar-refractivity contribution < 1.29 is 4.79 Å². The zero-order valence-corrected chi connectivity index (χ0v) is 13.3. The number of nitrogens with one attached hydrogen (secondary N) is 2. The highest BCUT2D eigenvalue weighted by Gasteiger charge is 2.18. The summed E-state index contributed by atoms with van der Waals surface area (Å²) in [5, 5.41) is 7.02. The zero-order valence-electron chi connectivity index (χ0n) is 12.5. The summed E-state index contributed by atoms with van der Waals surface area (Å²) in [6.07, 6.45) is 5.57. The number of hydrogen-bond acceptors (Lipinski definition) is 6. The average molecular weight is 317 g/mol. The molecule has 0 bridgehead atoms. The molecule has 22 heavy (non-hydrogen) atoms. The molecule has 1 atom stereocenters. The van der Waals surface area contributed by atoms with Crippen molar-refractivity contribution in [1.29, 1.82) is 0 Å². The predicted octanol–water partition coefficient (Wildman–Crippen LogP) is 1.64. The number of aromatic nitrogens is 3. The minimum Gasteiger partial charge on any atom is -0.351 e. The van der Waals surface area contributed by atoms with Crippen LogP contribution in [0.2, 0.25) is 0 Å². The summed E-state index contributed by atoms with van der Waals surface area (Å²) in [6, 6.07) is 1.76. The van der Waals surface area contributed by atoms with Gasteiger partial charge >= 0.3 is 0 Å². The van der Waals surface area contributed by atoms with Gasteiger partial charge in [0.15, 0.2) is 10.8 Å². The summed E-state index contributed by atoms with van der Waals surface area (Å²) in [5.74, 6) is 1.19. The smallest absolute Gasteiger partial charge is 0.263 e. The number of rotatable bonds is 5. The van der Waals surface area contributed by atoms with Crippen LogP contribution in [0, 0.1) is 12.8 Å². The van der Waals surface area contributed by atoms with E-state index in [1.54, 1.807) is 18.5 Å². The first-order chi connectivity index (χ1) is 10.7. The van der Waals surface area contributed by atoms with Crippen molar-refractivity contribution in [1.82, 2.24) is 25.6 Å². The van der Waals surface area contributed by atoms with E-state index in [1.807, 2.05) is 6.92 Å². The number of thiazole rings is 1. The van der Waals surface area contributed by atoms with Crippen LogP contribution in [0.1, 0.15) is 28.2 Å². The van der Waals surface area contributed by atoms with Gasteiger partial charge in [0, 0.05) is 18.9 Å². The van der Waals surface area contributed by atoms with Crippen LogP contribution in [0.4, 0.5) is 0 Å². The van der Waals surface area contributed by atoms with Crippen molar-refractivity contribution in [3.8, 4) is 10.8 Å². The van der Waals surface area contributed by atoms with Crippen LogP contribution >= 0.6 is 11.3 Å². The molecule has 1 amide bonds. The molecule has 0 spiro atoms. The third-order valence-electron chi connectivity index (χ3n) is 3.76. The van der Waals surface area contributed by atoms with E-state index >= 15 is 0 Å². The highest BCUT2D eigenvalue weighted by Crippen LogP contribution is 2.25. The van der Waals surface area contributed by atoms with Gasteiger partial charge in [-0.1, -0.05) is 0 Å². The lowest BCUT2D eigenvalue weighted by molar-refractivity contribution is 0.0955. The quantitative estimate of drug-likeness (QED) is 0.876. The molecule has 3 heterocycles. The van der Waals surface area contributed by atoms with E-state index in [2.05, 4.69) is 25.6 Å². The second kappa shape index (κ2) is 6.93. The molecule has 0 aliphatic carbocycles. The first kappa shape index (κ1) is 15.1. The van der Waals surface area contributed by atoms with E-state index in [4.69, 9.17) is 0 Å². The standard InChI is InChI=1S/C15H19N5OS/c1-10-12(14(21)19-8-4-11-3-7-16-9-11)22-15(20-10)13-17-5-2-6-18-13/h2,5-6,11,16H,3-4,7-9H2,1H3,(H,19,21). The number of amides is 1. The van der Waals surface area contributed by atoms with Gasteiger partial charge in [-0.15, -0.1) is 11.3 Å². The molecule has 1 aliphatic heterocycles. The Morgan fingerprint density at radius 2 is 2.27 bits per heavy atom. The summed E-state index contributed by atoms with van der Waals surface area (Å²) in [6.45, 7) is 4.70. The van der Waals surface area contributed by atoms with Gasteiger partial charge in [0.1, 0.15) is 4.88 Å². The highest BCUT2D eigenvalue weighted by atomic mass is 32.1. The Hall–Kier alpha value is -1.86. The Morgan fingerprint density at radius 1 is 1.45 bits per heavy atom. The van der Waals surface area contributed by atoms with E-state index in [9.17, 15) is 4.79 Å². The minimum absolute atomic E-state index is 0.0527. The van der Waals surface area contributed by atoms with Gasteiger partial charge in [0.05, 0.1) is 5.69 Å². The van der Waals surface area contributed by atoms with Crippen LogP contribution in [0.5, 0.6) is 0 Å². The van der Waals surface area contributed by atoms with Gasteiger partial charge < -0.3 is 10.6 Å². The molecule has 2 aromatic rings. The lowest BCUT2D eigenvalue weighted by atomic mass is 10.1. The Kier molecular flexibility index (Phi) is 4.74. The molecule has 0 radical (unpaired) electrons. The fourth-order valence-corrected chi connectivity index (χ4v) is 3.47. The van der Waals surface area contributed by atoms with Crippen molar-refractivity contribution in [3.63, 3.8) is 0 Å². The molecule has 0 aromatic carbocycles. The molecule has 1 unspecified atom stereocenters. The first-order valence-corrected chi connectivity index (χ1v) is 8.29. The number of carbonyl (C=O) groups is 1. The number of hydrogen-bond donors (Lipinski definition) is 2. The van der Waals surface area contributed by atoms with Gasteiger partial charge in [-0.25, -0.2) is 15.0 Å². The Balaban J connectivity index is 1.61. The average Bonchev–Trinajstić information content (AvgIpc) is 3.17. The summed E-state index contributed by atoms with van der Waals surface area (Å²) in [5.41, 5.74) is 0.729. The lowest BCUT2D eigenvalue weighted by Crippen LogP contribution is -2.26. The van der Waals surface area contributed by atoms with Gasteiger partial charge in [-0.3, -0.25) is 4.79 Å². The summed E-state index contributed by atoms with van der Waals surface area (Å²) in [4.78, 5) is 25.7. The third kappa shape index (κ3) is 3.48. The Morgan fingerprint density at radius 3 is 3.00 bits per heavy atom. The van der Waals surface area contributed by atoms with Crippen LogP contribution in [0.3, 0.4) is 0 Å². The van der Waals surface area contributed by atoms with Crippen LogP contribution in [0.15, 0.2) is 18.5 Å². The SMILES string of the molecule is Cc1nc(-c2ncccn2)sc1C(=O)NCCC1CCNC1. The lowest BCUT2D eigenvalue weighted by Gasteiger charge is -2.08. The summed E-state index contributed by atoms with van der Waals surface area (Å²) in [7, 11) is 0. The van der Waals surface area contributed by atoms with Gasteiger partial charge in [0.25, 0.3) is 5.91 Å². The van der Waals surface area contributed by atoms with E-state index in [0.29, 0.717) is 28.2 Å². The Bertz CT molecular complexity index is 637. The van der Waals surface area contributed by atoms with Crippen molar-refractivity contribution in [2.45, 2.75) is 19.8 Å². The number of carbonyl (C=O) groups excluding carboxylic acids is 1. The first-order valence-electron chi connectivity index (χ1n) is 7.48. The topological polar surface area (TPSA) is 79.8 Å². The second-order valence-electron chi connectivity index (χ2n) is 5.41. The van der Waals surface area contributed by atoms with E-state index in [-0.39, 0.29) is 5.91 Å². The Labute approximate surface area is 133 Å². The molecule has 2 N–H and O–H groups in total. The molecular weight excluding hydrogens is 298 g/mol.